The predicted octanol–water partition coefficient (Wildman–Crippen LogP) is 3.63. The van der Waals surface area contributed by atoms with Crippen LogP contribution in [0.4, 0.5) is 11.4 Å². The summed E-state index contributed by atoms with van der Waals surface area (Å²) in [4.78, 5) is 27.9. The second kappa shape index (κ2) is 6.82. The van der Waals surface area contributed by atoms with Crippen molar-refractivity contribution < 1.29 is 22.7 Å². The van der Waals surface area contributed by atoms with Crippen molar-refractivity contribution >= 4 is 44.9 Å². The molecule has 3 aromatic carbocycles. The molecular weight excluding hydrogens is 452 g/mol. The molecular formula is C23H17ClN2O5S. The number of hydrogen-bond acceptors (Lipinski definition) is 5. The number of hydrogen-bond donors (Lipinski definition) is 1. The summed E-state index contributed by atoms with van der Waals surface area (Å²) in [6.07, 6.45) is 0. The van der Waals surface area contributed by atoms with E-state index >= 15 is 0 Å². The highest BCUT2D eigenvalue weighted by Crippen LogP contribution is 2.53. The molecule has 0 unspecified atom stereocenters. The van der Waals surface area contributed by atoms with Crippen molar-refractivity contribution in [2.75, 3.05) is 16.7 Å². The Kier molecular flexibility index (Phi) is 4.38. The Morgan fingerprint density at radius 3 is 2.41 bits per heavy atom. The molecule has 3 aromatic rings. The van der Waals surface area contributed by atoms with E-state index in [1.54, 1.807) is 37.4 Å². The van der Waals surface area contributed by atoms with Crippen LogP contribution in [0.3, 0.4) is 0 Å². The lowest BCUT2D eigenvalue weighted by Gasteiger charge is -2.20. The normalized spacial score (nSPS) is 19.2. The lowest BCUT2D eigenvalue weighted by Crippen LogP contribution is -2.44. The maximum atomic E-state index is 13.4. The van der Waals surface area contributed by atoms with Gasteiger partial charge in [-0.05, 0) is 55.5 Å². The molecule has 162 valence electrons. The minimum Gasteiger partial charge on any atom is -0.425 e. The quantitative estimate of drug-likeness (QED) is 0.360. The van der Waals surface area contributed by atoms with Crippen LogP contribution < -0.4 is 14.4 Å². The molecule has 0 aromatic heterocycles. The standard InChI is InChI=1S/C23H17ClN2O5S/c1-13-3-7-16(8-4-13)32(29,30)25-15-6-10-20-18(12-15)23(22(28)31-20)17-11-14(24)5-9-19(17)26(2)21(23)27/h3-12,25H,1-2H3/t23-/m1/s1. The van der Waals surface area contributed by atoms with Gasteiger partial charge < -0.3 is 9.64 Å². The average Bonchev–Trinajstić information content (AvgIpc) is 3.15. The molecule has 0 saturated heterocycles. The zero-order valence-corrected chi connectivity index (χ0v) is 18.6. The maximum Gasteiger partial charge on any atom is 0.336 e. The Morgan fingerprint density at radius 1 is 0.969 bits per heavy atom. The number of halogens is 1. The van der Waals surface area contributed by atoms with E-state index < -0.39 is 27.3 Å². The minimum absolute atomic E-state index is 0.0967. The summed E-state index contributed by atoms with van der Waals surface area (Å²) < 4.78 is 33.7. The van der Waals surface area contributed by atoms with Crippen molar-refractivity contribution in [3.05, 3.63) is 82.4 Å². The van der Waals surface area contributed by atoms with E-state index in [1.807, 2.05) is 6.92 Å². The molecule has 1 spiro atoms. The van der Waals surface area contributed by atoms with E-state index in [-0.39, 0.29) is 21.9 Å². The number of rotatable bonds is 3. The number of esters is 1. The number of nitrogens with one attached hydrogen (secondary N) is 1. The third-order valence-electron chi connectivity index (χ3n) is 5.83. The number of amides is 1. The summed E-state index contributed by atoms with van der Waals surface area (Å²) in [7, 11) is -2.31. The van der Waals surface area contributed by atoms with E-state index in [2.05, 4.69) is 4.72 Å². The summed E-state index contributed by atoms with van der Waals surface area (Å²) in [6, 6.07) is 15.7. The van der Waals surface area contributed by atoms with Crippen LogP contribution in [0, 0.1) is 6.92 Å². The molecule has 1 amide bonds. The lowest BCUT2D eigenvalue weighted by atomic mass is 9.76. The summed E-state index contributed by atoms with van der Waals surface area (Å²) in [5.41, 5.74) is 0.600. The average molecular weight is 469 g/mol. The van der Waals surface area contributed by atoms with Crippen LogP contribution in [0.5, 0.6) is 5.75 Å². The monoisotopic (exact) mass is 468 g/mol. The van der Waals surface area contributed by atoms with Crippen molar-refractivity contribution in [1.29, 1.82) is 0 Å². The summed E-state index contributed by atoms with van der Waals surface area (Å²) >= 11 is 6.18. The molecule has 0 aliphatic carbocycles. The molecule has 7 nitrogen and oxygen atoms in total. The van der Waals surface area contributed by atoms with E-state index in [0.717, 1.165) is 5.56 Å². The Balaban J connectivity index is 1.64. The van der Waals surface area contributed by atoms with Crippen LogP contribution in [-0.2, 0) is 25.0 Å². The molecule has 2 heterocycles. The number of fused-ring (bicyclic) bond motifs is 4. The number of anilines is 2. The zero-order valence-electron chi connectivity index (χ0n) is 17.0. The number of likely N-dealkylation sites (N-methyl/N-ethyl adjacent to an activating group) is 1. The number of benzene rings is 3. The van der Waals surface area contributed by atoms with Crippen molar-refractivity contribution in [1.82, 2.24) is 0 Å². The summed E-state index contributed by atoms with van der Waals surface area (Å²) in [5.74, 6) is -1.04. The van der Waals surface area contributed by atoms with Crippen LogP contribution in [0.1, 0.15) is 16.7 Å². The van der Waals surface area contributed by atoms with Gasteiger partial charge in [0.25, 0.3) is 15.9 Å². The smallest absolute Gasteiger partial charge is 0.336 e. The molecule has 0 fully saturated rings. The van der Waals surface area contributed by atoms with Crippen LogP contribution in [-0.4, -0.2) is 27.3 Å². The third kappa shape index (κ3) is 2.76. The predicted molar refractivity (Wildman–Crippen MR) is 120 cm³/mol. The molecule has 1 atom stereocenters. The second-order valence-corrected chi connectivity index (χ2v) is 9.91. The van der Waals surface area contributed by atoms with Gasteiger partial charge in [0.1, 0.15) is 5.75 Å². The van der Waals surface area contributed by atoms with Crippen molar-refractivity contribution in [2.45, 2.75) is 17.2 Å². The molecule has 32 heavy (non-hydrogen) atoms. The van der Waals surface area contributed by atoms with Gasteiger partial charge >= 0.3 is 5.97 Å². The van der Waals surface area contributed by atoms with Gasteiger partial charge in [-0.25, -0.2) is 13.2 Å². The van der Waals surface area contributed by atoms with Gasteiger partial charge in [0.15, 0.2) is 0 Å². The van der Waals surface area contributed by atoms with Gasteiger partial charge in [0.2, 0.25) is 5.41 Å². The van der Waals surface area contributed by atoms with E-state index in [1.165, 1.54) is 35.2 Å². The maximum absolute atomic E-state index is 13.4. The number of ether oxygens (including phenoxy) is 1. The number of aryl methyl sites for hydroxylation is 1. The lowest BCUT2D eigenvalue weighted by molar-refractivity contribution is -0.141. The van der Waals surface area contributed by atoms with Crippen LogP contribution in [0.15, 0.2) is 65.6 Å². The Morgan fingerprint density at radius 2 is 1.69 bits per heavy atom. The molecule has 1 N–H and O–H groups in total. The highest BCUT2D eigenvalue weighted by molar-refractivity contribution is 7.92. The molecule has 9 heteroatoms. The number of nitrogens with zero attached hydrogens (tertiary/aromatic N) is 1. The Bertz CT molecular complexity index is 1420. The fraction of sp³-hybridized carbons (Fsp3) is 0.130. The number of carbonyl (C=O) groups is 2. The molecule has 5 rings (SSSR count). The Labute approximate surface area is 189 Å². The molecule has 2 aliphatic heterocycles. The highest BCUT2D eigenvalue weighted by atomic mass is 35.5. The summed E-state index contributed by atoms with van der Waals surface area (Å²) in [6.45, 7) is 1.86. The van der Waals surface area contributed by atoms with Crippen molar-refractivity contribution in [3.63, 3.8) is 0 Å². The van der Waals surface area contributed by atoms with Gasteiger partial charge in [-0.1, -0.05) is 29.3 Å². The summed E-state index contributed by atoms with van der Waals surface area (Å²) in [5, 5.41) is 0.365. The second-order valence-electron chi connectivity index (χ2n) is 7.79. The minimum atomic E-state index is -3.88. The first-order chi connectivity index (χ1) is 15.1. The first kappa shape index (κ1) is 20.5. The first-order valence-electron chi connectivity index (χ1n) is 9.69. The third-order valence-corrected chi connectivity index (χ3v) is 7.46. The molecule has 0 radical (unpaired) electrons. The van der Waals surface area contributed by atoms with Gasteiger partial charge in [0.05, 0.1) is 4.90 Å². The van der Waals surface area contributed by atoms with Crippen LogP contribution in [0.25, 0.3) is 0 Å². The van der Waals surface area contributed by atoms with Gasteiger partial charge in [-0.3, -0.25) is 9.52 Å². The largest absolute Gasteiger partial charge is 0.425 e. The fourth-order valence-electron chi connectivity index (χ4n) is 4.23. The highest BCUT2D eigenvalue weighted by Gasteiger charge is 2.62. The van der Waals surface area contributed by atoms with Crippen molar-refractivity contribution in [3.8, 4) is 5.75 Å². The zero-order chi connectivity index (χ0) is 22.8. The van der Waals surface area contributed by atoms with E-state index in [0.29, 0.717) is 16.3 Å². The van der Waals surface area contributed by atoms with E-state index in [9.17, 15) is 18.0 Å². The van der Waals surface area contributed by atoms with Gasteiger partial charge in [-0.2, -0.15) is 0 Å². The number of sulfonamides is 1. The van der Waals surface area contributed by atoms with Crippen LogP contribution >= 0.6 is 11.6 Å². The Hall–Kier alpha value is -3.36. The fourth-order valence-corrected chi connectivity index (χ4v) is 5.45. The van der Waals surface area contributed by atoms with Gasteiger partial charge in [-0.15, -0.1) is 0 Å². The SMILES string of the molecule is Cc1ccc(S(=O)(=O)Nc2ccc3c(c2)[C@@]2(C(=O)O3)C(=O)N(C)c3ccc(Cl)cc32)cc1. The van der Waals surface area contributed by atoms with Crippen LogP contribution in [0.2, 0.25) is 5.02 Å². The van der Waals surface area contributed by atoms with E-state index in [4.69, 9.17) is 16.3 Å². The molecule has 2 aliphatic rings. The van der Waals surface area contributed by atoms with Crippen molar-refractivity contribution in [2.24, 2.45) is 0 Å². The topological polar surface area (TPSA) is 92.8 Å². The molecule has 0 saturated carbocycles. The number of carbonyl (C=O) groups excluding carboxylic acids is 2. The van der Waals surface area contributed by atoms with Gasteiger partial charge in [0, 0.05) is 34.6 Å². The first-order valence-corrected chi connectivity index (χ1v) is 11.6. The molecule has 0 bridgehead atoms.